The Balaban J connectivity index is 2.13. The van der Waals surface area contributed by atoms with E-state index in [2.05, 4.69) is 28.6 Å². The van der Waals surface area contributed by atoms with Crippen LogP contribution in [0.2, 0.25) is 0 Å². The third-order valence-corrected chi connectivity index (χ3v) is 5.42. The van der Waals surface area contributed by atoms with E-state index in [1.54, 1.807) is 32.2 Å². The van der Waals surface area contributed by atoms with Gasteiger partial charge in [0.2, 0.25) is 0 Å². The monoisotopic (exact) mass is 366 g/mol. The summed E-state index contributed by atoms with van der Waals surface area (Å²) < 4.78 is 35.2. The predicted molar refractivity (Wildman–Crippen MR) is 98.5 cm³/mol. The van der Waals surface area contributed by atoms with Gasteiger partial charge in [-0.1, -0.05) is 26.0 Å². The molecule has 1 heterocycles. The summed E-state index contributed by atoms with van der Waals surface area (Å²) >= 11 is 0. The largest absolute Gasteiger partial charge is 0.490 e. The molecule has 8 heteroatoms. The Morgan fingerprint density at radius 2 is 1.92 bits per heavy atom. The van der Waals surface area contributed by atoms with Gasteiger partial charge in [-0.2, -0.15) is 5.10 Å². The topological polar surface area (TPSA) is 76.5 Å². The van der Waals surface area contributed by atoms with Crippen LogP contribution in [0.4, 0.5) is 5.69 Å². The number of hydrogen-bond acceptors (Lipinski definition) is 5. The molecule has 7 nitrogen and oxygen atoms in total. The number of aryl methyl sites for hydroxylation is 2. The second kappa shape index (κ2) is 8.35. The van der Waals surface area contributed by atoms with Gasteiger partial charge in [0.15, 0.2) is 0 Å². The number of nitrogens with zero attached hydrogens (tertiary/aromatic N) is 3. The van der Waals surface area contributed by atoms with E-state index in [0.29, 0.717) is 23.7 Å². The molecule has 2 rings (SSSR count). The lowest BCUT2D eigenvalue weighted by Crippen LogP contribution is -2.28. The fraction of sp³-hybridized carbons (Fsp3) is 0.471. The van der Waals surface area contributed by atoms with Crippen molar-refractivity contribution in [2.24, 2.45) is 7.05 Å². The molecule has 0 radical (unpaired) electrons. The first-order valence-corrected chi connectivity index (χ1v) is 9.83. The summed E-state index contributed by atoms with van der Waals surface area (Å²) in [5.74, 6) is 0.514. The standard InChI is InChI=1S/C17H26N4O3S/c1-5-21(6-2)11-12-24-16-10-8-7-9-15(16)19-25(22,23)17-13-20(4)18-14(17)3/h7-10,13,19H,5-6,11-12H2,1-4H3. The van der Waals surface area contributed by atoms with Crippen molar-refractivity contribution >= 4 is 15.7 Å². The molecular weight excluding hydrogens is 340 g/mol. The summed E-state index contributed by atoms with van der Waals surface area (Å²) in [6, 6.07) is 7.04. The highest BCUT2D eigenvalue weighted by Gasteiger charge is 2.21. The molecule has 0 saturated heterocycles. The van der Waals surface area contributed by atoms with Gasteiger partial charge in [-0.25, -0.2) is 8.42 Å². The van der Waals surface area contributed by atoms with Crippen LogP contribution >= 0.6 is 0 Å². The summed E-state index contributed by atoms with van der Waals surface area (Å²) in [7, 11) is -2.03. The van der Waals surface area contributed by atoms with Gasteiger partial charge in [-0.05, 0) is 32.1 Å². The van der Waals surface area contributed by atoms with Crippen molar-refractivity contribution in [1.82, 2.24) is 14.7 Å². The van der Waals surface area contributed by atoms with Crippen LogP contribution < -0.4 is 9.46 Å². The number of anilines is 1. The molecular formula is C17H26N4O3S. The van der Waals surface area contributed by atoms with Crippen LogP contribution in [0.1, 0.15) is 19.5 Å². The van der Waals surface area contributed by atoms with Crippen LogP contribution in [0.5, 0.6) is 5.75 Å². The van der Waals surface area contributed by atoms with Crippen molar-refractivity contribution in [3.63, 3.8) is 0 Å². The zero-order valence-electron chi connectivity index (χ0n) is 15.2. The summed E-state index contributed by atoms with van der Waals surface area (Å²) in [5.41, 5.74) is 0.875. The van der Waals surface area contributed by atoms with Crippen LogP contribution in [0.15, 0.2) is 35.4 Å². The molecule has 0 unspecified atom stereocenters. The second-order valence-corrected chi connectivity index (χ2v) is 7.38. The van der Waals surface area contributed by atoms with Gasteiger partial charge in [0.25, 0.3) is 10.0 Å². The normalized spacial score (nSPS) is 11.7. The van der Waals surface area contributed by atoms with Gasteiger partial charge in [0.1, 0.15) is 17.3 Å². The van der Waals surface area contributed by atoms with Gasteiger partial charge >= 0.3 is 0 Å². The lowest BCUT2D eigenvalue weighted by Gasteiger charge is -2.19. The zero-order valence-corrected chi connectivity index (χ0v) is 16.0. The zero-order chi connectivity index (χ0) is 18.4. The maximum Gasteiger partial charge on any atom is 0.265 e. The third-order valence-electron chi connectivity index (χ3n) is 3.95. The van der Waals surface area contributed by atoms with Gasteiger partial charge < -0.3 is 9.64 Å². The molecule has 138 valence electrons. The Bertz CT molecular complexity index is 798. The molecule has 0 aliphatic heterocycles. The van der Waals surface area contributed by atoms with Crippen molar-refractivity contribution < 1.29 is 13.2 Å². The van der Waals surface area contributed by atoms with Gasteiger partial charge in [0.05, 0.1) is 11.4 Å². The van der Waals surface area contributed by atoms with Gasteiger partial charge in [0, 0.05) is 19.8 Å². The highest BCUT2D eigenvalue weighted by atomic mass is 32.2. The second-order valence-electron chi connectivity index (χ2n) is 5.73. The first kappa shape index (κ1) is 19.3. The maximum atomic E-state index is 12.6. The van der Waals surface area contributed by atoms with E-state index in [0.717, 1.165) is 19.6 Å². The molecule has 0 atom stereocenters. The first-order valence-electron chi connectivity index (χ1n) is 8.34. The fourth-order valence-electron chi connectivity index (χ4n) is 2.54. The molecule has 0 saturated carbocycles. The minimum Gasteiger partial charge on any atom is -0.490 e. The van der Waals surface area contributed by atoms with Crippen LogP contribution in [-0.2, 0) is 17.1 Å². The fourth-order valence-corrected chi connectivity index (χ4v) is 3.83. The van der Waals surface area contributed by atoms with Gasteiger partial charge in [-0.15, -0.1) is 0 Å². The molecule has 1 N–H and O–H groups in total. The van der Waals surface area contributed by atoms with Crippen molar-refractivity contribution in [3.8, 4) is 5.75 Å². The van der Waals surface area contributed by atoms with Crippen LogP contribution in [0.25, 0.3) is 0 Å². The average Bonchev–Trinajstić information content (AvgIpc) is 2.92. The van der Waals surface area contributed by atoms with E-state index < -0.39 is 10.0 Å². The van der Waals surface area contributed by atoms with Crippen molar-refractivity contribution in [2.75, 3.05) is 31.0 Å². The smallest absolute Gasteiger partial charge is 0.265 e. The lowest BCUT2D eigenvalue weighted by molar-refractivity contribution is 0.223. The Morgan fingerprint density at radius 3 is 2.52 bits per heavy atom. The van der Waals surface area contributed by atoms with E-state index in [9.17, 15) is 8.42 Å². The summed E-state index contributed by atoms with van der Waals surface area (Å²) in [6.07, 6.45) is 1.49. The molecule has 0 spiro atoms. The molecule has 0 aliphatic carbocycles. The summed E-state index contributed by atoms with van der Waals surface area (Å²) in [4.78, 5) is 2.40. The van der Waals surface area contributed by atoms with E-state index in [-0.39, 0.29) is 4.90 Å². The van der Waals surface area contributed by atoms with E-state index >= 15 is 0 Å². The number of rotatable bonds is 9. The molecule has 0 fully saturated rings. The van der Waals surface area contributed by atoms with E-state index in [1.807, 2.05) is 6.07 Å². The Labute approximate surface area is 149 Å². The number of nitrogens with one attached hydrogen (secondary N) is 1. The number of aromatic nitrogens is 2. The SMILES string of the molecule is CCN(CC)CCOc1ccccc1NS(=O)(=O)c1cn(C)nc1C. The minimum atomic E-state index is -3.72. The first-order chi connectivity index (χ1) is 11.9. The maximum absolute atomic E-state index is 12.6. The quantitative estimate of drug-likeness (QED) is 0.737. The number of hydrogen-bond donors (Lipinski definition) is 1. The molecule has 0 amide bonds. The number of para-hydroxylation sites is 2. The Morgan fingerprint density at radius 1 is 1.24 bits per heavy atom. The molecule has 0 bridgehead atoms. The molecule has 0 aliphatic rings. The van der Waals surface area contributed by atoms with Gasteiger partial charge in [-0.3, -0.25) is 9.40 Å². The van der Waals surface area contributed by atoms with Crippen molar-refractivity contribution in [3.05, 3.63) is 36.2 Å². The summed E-state index contributed by atoms with van der Waals surface area (Å²) in [5, 5.41) is 4.09. The predicted octanol–water partition coefficient (Wildman–Crippen LogP) is 2.25. The van der Waals surface area contributed by atoms with Crippen LogP contribution in [0, 0.1) is 6.92 Å². The van der Waals surface area contributed by atoms with Crippen LogP contribution in [0.3, 0.4) is 0 Å². The highest BCUT2D eigenvalue weighted by molar-refractivity contribution is 7.92. The van der Waals surface area contributed by atoms with Crippen LogP contribution in [-0.4, -0.2) is 49.3 Å². The number of likely N-dealkylation sites (N-methyl/N-ethyl adjacent to an activating group) is 1. The van der Waals surface area contributed by atoms with E-state index in [1.165, 1.54) is 10.9 Å². The van der Waals surface area contributed by atoms with E-state index in [4.69, 9.17) is 4.74 Å². The van der Waals surface area contributed by atoms with Crippen molar-refractivity contribution in [2.45, 2.75) is 25.7 Å². The lowest BCUT2D eigenvalue weighted by atomic mass is 10.3. The number of sulfonamides is 1. The third kappa shape index (κ3) is 4.96. The Hall–Kier alpha value is -2.06. The molecule has 25 heavy (non-hydrogen) atoms. The van der Waals surface area contributed by atoms with Crippen molar-refractivity contribution in [1.29, 1.82) is 0 Å². The number of benzene rings is 1. The molecule has 2 aromatic rings. The molecule has 1 aromatic heterocycles. The molecule has 1 aromatic carbocycles. The highest BCUT2D eigenvalue weighted by Crippen LogP contribution is 2.27. The summed E-state index contributed by atoms with van der Waals surface area (Å²) in [6.45, 7) is 9.05. The number of ether oxygens (including phenoxy) is 1. The minimum absolute atomic E-state index is 0.160. The average molecular weight is 366 g/mol. The Kier molecular flexibility index (Phi) is 6.44.